The molecule has 2 rings (SSSR count). The fraction of sp³-hybridized carbons (Fsp3) is 0.867. The fourth-order valence-corrected chi connectivity index (χ4v) is 4.94. The minimum absolute atomic E-state index is 0.0478. The zero-order chi connectivity index (χ0) is 16.4. The number of carbonyl (C=O) groups is 1. The first kappa shape index (κ1) is 17.2. The third-order valence-corrected chi connectivity index (χ3v) is 6.53. The number of hydrogen-bond donors (Lipinski definition) is 1. The van der Waals surface area contributed by atoms with Crippen LogP contribution in [0.3, 0.4) is 0 Å². The van der Waals surface area contributed by atoms with Gasteiger partial charge in [0.15, 0.2) is 0 Å². The Kier molecular flexibility index (Phi) is 5.13. The molecule has 124 valence electrons. The summed E-state index contributed by atoms with van der Waals surface area (Å²) in [6.07, 6.45) is 5.16. The molecule has 1 aliphatic carbocycles. The van der Waals surface area contributed by atoms with E-state index in [4.69, 9.17) is 5.26 Å². The minimum atomic E-state index is -3.41. The molecule has 1 heterocycles. The third-order valence-electron chi connectivity index (χ3n) is 4.60. The zero-order valence-electron chi connectivity index (χ0n) is 13.3. The Hall–Kier alpha value is -1.13. The van der Waals surface area contributed by atoms with E-state index in [0.717, 1.165) is 25.7 Å². The Labute approximate surface area is 132 Å². The molecule has 2 fully saturated rings. The maximum atomic E-state index is 12.5. The Morgan fingerprint density at radius 3 is 2.45 bits per heavy atom. The molecule has 0 aromatic rings. The number of carbonyl (C=O) groups excluding carboxylic acids is 1. The number of sulfonamides is 1. The topological polar surface area (TPSA) is 90.3 Å². The number of nitrogens with one attached hydrogen (secondary N) is 1. The highest BCUT2D eigenvalue weighted by Gasteiger charge is 2.38. The Bertz CT molecular complexity index is 559. The van der Waals surface area contributed by atoms with E-state index in [1.807, 2.05) is 6.07 Å². The number of likely N-dealkylation sites (tertiary alicyclic amines) is 1. The number of piperidine rings is 1. The highest BCUT2D eigenvalue weighted by Crippen LogP contribution is 2.25. The molecule has 1 N–H and O–H groups in total. The summed E-state index contributed by atoms with van der Waals surface area (Å²) in [4.78, 5) is 13.9. The Morgan fingerprint density at radius 1 is 1.23 bits per heavy atom. The first-order valence-corrected chi connectivity index (χ1v) is 9.52. The van der Waals surface area contributed by atoms with Crippen molar-refractivity contribution in [2.24, 2.45) is 5.41 Å². The molecule has 0 radical (unpaired) electrons. The van der Waals surface area contributed by atoms with Crippen molar-refractivity contribution in [3.63, 3.8) is 0 Å². The van der Waals surface area contributed by atoms with Gasteiger partial charge in [0.05, 0.1) is 11.3 Å². The molecule has 1 saturated carbocycles. The maximum Gasteiger partial charge on any atom is 0.242 e. The maximum absolute atomic E-state index is 12.5. The van der Waals surface area contributed by atoms with Crippen molar-refractivity contribution < 1.29 is 13.2 Å². The van der Waals surface area contributed by atoms with Crippen molar-refractivity contribution >= 4 is 15.9 Å². The summed E-state index contributed by atoms with van der Waals surface area (Å²) in [7, 11) is -3.41. The summed E-state index contributed by atoms with van der Waals surface area (Å²) in [6.45, 7) is 3.86. The number of amides is 1. The molecule has 6 nitrogen and oxygen atoms in total. The van der Waals surface area contributed by atoms with Crippen LogP contribution in [0, 0.1) is 16.7 Å². The van der Waals surface area contributed by atoms with Gasteiger partial charge in [0, 0.05) is 19.1 Å². The smallest absolute Gasteiger partial charge is 0.242 e. The average molecular weight is 327 g/mol. The van der Waals surface area contributed by atoms with Crippen molar-refractivity contribution in [1.82, 2.24) is 9.62 Å². The van der Waals surface area contributed by atoms with Gasteiger partial charge in [-0.2, -0.15) is 5.26 Å². The standard InChI is InChI=1S/C15H25N3O3S/c1-15(2,11-16)14(19)18-9-5-8-13(10-18)22(20,21)17-12-6-3-4-7-12/h12-13,17H,3-10H2,1-2H3/t13-/m1/s1. The molecule has 1 aliphatic heterocycles. The van der Waals surface area contributed by atoms with Crippen molar-refractivity contribution in [2.75, 3.05) is 13.1 Å². The lowest BCUT2D eigenvalue weighted by molar-refractivity contribution is -0.138. The normalized spacial score (nSPS) is 24.2. The van der Waals surface area contributed by atoms with Crippen molar-refractivity contribution in [3.8, 4) is 6.07 Å². The lowest BCUT2D eigenvalue weighted by Crippen LogP contribution is -2.52. The summed E-state index contributed by atoms with van der Waals surface area (Å²) in [6, 6.07) is 2.04. The molecule has 2 aliphatic rings. The van der Waals surface area contributed by atoms with Gasteiger partial charge in [-0.15, -0.1) is 0 Å². The van der Waals surface area contributed by atoms with E-state index in [0.29, 0.717) is 19.4 Å². The van der Waals surface area contributed by atoms with Crippen LogP contribution in [-0.4, -0.2) is 43.6 Å². The van der Waals surface area contributed by atoms with E-state index in [9.17, 15) is 13.2 Å². The van der Waals surface area contributed by atoms with Gasteiger partial charge in [-0.3, -0.25) is 4.79 Å². The molecule has 22 heavy (non-hydrogen) atoms. The Balaban J connectivity index is 2.03. The summed E-state index contributed by atoms with van der Waals surface area (Å²) in [5.41, 5.74) is -1.11. The molecule has 1 atom stereocenters. The molecule has 0 aromatic carbocycles. The zero-order valence-corrected chi connectivity index (χ0v) is 14.2. The first-order valence-electron chi connectivity index (χ1n) is 7.98. The summed E-state index contributed by atoms with van der Waals surface area (Å²) < 4.78 is 27.8. The van der Waals surface area contributed by atoms with E-state index in [-0.39, 0.29) is 18.5 Å². The van der Waals surface area contributed by atoms with Crippen LogP contribution in [0.25, 0.3) is 0 Å². The molecular weight excluding hydrogens is 302 g/mol. The second-order valence-electron chi connectivity index (χ2n) is 6.90. The van der Waals surface area contributed by atoms with E-state index < -0.39 is 20.7 Å². The minimum Gasteiger partial charge on any atom is -0.340 e. The Morgan fingerprint density at radius 2 is 1.86 bits per heavy atom. The predicted octanol–water partition coefficient (Wildman–Crippen LogP) is 1.39. The molecule has 0 aromatic heterocycles. The highest BCUT2D eigenvalue weighted by molar-refractivity contribution is 7.90. The molecule has 7 heteroatoms. The molecule has 1 amide bonds. The van der Waals surface area contributed by atoms with Gasteiger partial charge in [0.25, 0.3) is 0 Å². The van der Waals surface area contributed by atoms with Gasteiger partial charge in [-0.05, 0) is 39.5 Å². The highest BCUT2D eigenvalue weighted by atomic mass is 32.2. The lowest BCUT2D eigenvalue weighted by atomic mass is 9.93. The second-order valence-corrected chi connectivity index (χ2v) is 8.89. The van der Waals surface area contributed by atoms with Crippen LogP contribution in [0.1, 0.15) is 52.4 Å². The average Bonchev–Trinajstić information content (AvgIpc) is 2.98. The number of hydrogen-bond acceptors (Lipinski definition) is 4. The second kappa shape index (κ2) is 6.55. The number of rotatable bonds is 4. The summed E-state index contributed by atoms with van der Waals surface area (Å²) >= 11 is 0. The monoisotopic (exact) mass is 327 g/mol. The van der Waals surface area contributed by atoms with E-state index in [1.165, 1.54) is 4.90 Å². The van der Waals surface area contributed by atoms with E-state index in [2.05, 4.69) is 4.72 Å². The van der Waals surface area contributed by atoms with Gasteiger partial charge < -0.3 is 4.90 Å². The molecule has 0 unspecified atom stereocenters. The molecule has 0 spiro atoms. The van der Waals surface area contributed by atoms with Crippen LogP contribution >= 0.6 is 0 Å². The van der Waals surface area contributed by atoms with Gasteiger partial charge >= 0.3 is 0 Å². The fourth-order valence-electron chi connectivity index (χ4n) is 3.19. The van der Waals surface area contributed by atoms with Crippen LogP contribution in [0.15, 0.2) is 0 Å². The third kappa shape index (κ3) is 3.79. The molecule has 0 bridgehead atoms. The van der Waals surface area contributed by atoms with Gasteiger partial charge in [0.1, 0.15) is 5.41 Å². The van der Waals surface area contributed by atoms with Crippen LogP contribution in [-0.2, 0) is 14.8 Å². The lowest BCUT2D eigenvalue weighted by Gasteiger charge is -2.35. The number of nitrogens with zero attached hydrogens (tertiary/aromatic N) is 2. The van der Waals surface area contributed by atoms with E-state index >= 15 is 0 Å². The van der Waals surface area contributed by atoms with Crippen LogP contribution in [0.4, 0.5) is 0 Å². The van der Waals surface area contributed by atoms with Gasteiger partial charge in [0.2, 0.25) is 15.9 Å². The summed E-state index contributed by atoms with van der Waals surface area (Å²) in [5, 5.41) is 8.51. The van der Waals surface area contributed by atoms with Crippen LogP contribution in [0.5, 0.6) is 0 Å². The predicted molar refractivity (Wildman–Crippen MR) is 83.3 cm³/mol. The van der Waals surface area contributed by atoms with Crippen molar-refractivity contribution in [3.05, 3.63) is 0 Å². The SMILES string of the molecule is CC(C)(C#N)C(=O)N1CCC[C@@H](S(=O)(=O)NC2CCCC2)C1. The van der Waals surface area contributed by atoms with Gasteiger partial charge in [-0.1, -0.05) is 12.8 Å². The van der Waals surface area contributed by atoms with Crippen LogP contribution < -0.4 is 4.72 Å². The summed E-state index contributed by atoms with van der Waals surface area (Å²) in [5.74, 6) is -0.282. The van der Waals surface area contributed by atoms with Crippen molar-refractivity contribution in [1.29, 1.82) is 5.26 Å². The van der Waals surface area contributed by atoms with E-state index in [1.54, 1.807) is 13.8 Å². The van der Waals surface area contributed by atoms with Crippen LogP contribution in [0.2, 0.25) is 0 Å². The van der Waals surface area contributed by atoms with Gasteiger partial charge in [-0.25, -0.2) is 13.1 Å². The quantitative estimate of drug-likeness (QED) is 0.845. The largest absolute Gasteiger partial charge is 0.340 e. The first-order chi connectivity index (χ1) is 10.3. The molecular formula is C15H25N3O3S. The number of nitriles is 1. The molecule has 1 saturated heterocycles. The van der Waals surface area contributed by atoms with Crippen molar-refractivity contribution in [2.45, 2.75) is 63.7 Å².